The molecular weight excluding hydrogens is 404 g/mol. The first kappa shape index (κ1) is 19.6. The number of hydrogen-bond acceptors (Lipinski definition) is 9. The summed E-state index contributed by atoms with van der Waals surface area (Å²) < 4.78 is 0. The molecule has 3 aromatic rings. The predicted octanol–water partition coefficient (Wildman–Crippen LogP) is 1.64. The lowest BCUT2D eigenvalue weighted by Gasteiger charge is -2.32. The third-order valence-corrected chi connectivity index (χ3v) is 5.48. The Morgan fingerprint density at radius 2 is 2.07 bits per heavy atom. The molecule has 152 valence electrons. The lowest BCUT2D eigenvalue weighted by molar-refractivity contribution is -0.128. The molecule has 10 nitrogen and oxygen atoms in total. The lowest BCUT2D eigenvalue weighted by atomic mass is 9.91. The highest BCUT2D eigenvalue weighted by molar-refractivity contribution is 7.13. The van der Waals surface area contributed by atoms with E-state index in [2.05, 4.69) is 30.2 Å². The van der Waals surface area contributed by atoms with Gasteiger partial charge in [0.1, 0.15) is 21.9 Å². The third-order valence-electron chi connectivity index (χ3n) is 4.68. The van der Waals surface area contributed by atoms with Crippen LogP contribution in [0.3, 0.4) is 0 Å². The zero-order valence-corrected chi connectivity index (χ0v) is 17.1. The van der Waals surface area contributed by atoms with Gasteiger partial charge in [-0.3, -0.25) is 19.5 Å². The van der Waals surface area contributed by atoms with Crippen LogP contribution in [0, 0.1) is 0 Å². The van der Waals surface area contributed by atoms with Gasteiger partial charge in [0, 0.05) is 30.5 Å². The van der Waals surface area contributed by atoms with Gasteiger partial charge in [-0.15, -0.1) is 11.3 Å². The van der Waals surface area contributed by atoms with Crippen molar-refractivity contribution in [1.29, 1.82) is 0 Å². The predicted molar refractivity (Wildman–Crippen MR) is 112 cm³/mol. The van der Waals surface area contributed by atoms with E-state index in [4.69, 9.17) is 5.73 Å². The number of thiazole rings is 1. The fraction of sp³-hybridized carbons (Fsp3) is 0.211. The van der Waals surface area contributed by atoms with Gasteiger partial charge in [-0.2, -0.15) is 0 Å². The largest absolute Gasteiger partial charge is 0.369 e. The first-order chi connectivity index (χ1) is 14.4. The summed E-state index contributed by atoms with van der Waals surface area (Å²) in [7, 11) is 1.58. The number of carbonyl (C=O) groups excluding carboxylic acids is 2. The fourth-order valence-electron chi connectivity index (χ4n) is 2.96. The molecular formula is C19H18N8O2S. The molecule has 2 amide bonds. The molecule has 0 saturated heterocycles. The lowest BCUT2D eigenvalue weighted by Crippen LogP contribution is -2.47. The number of pyridine rings is 1. The Hall–Kier alpha value is -3.73. The molecule has 1 aliphatic rings. The van der Waals surface area contributed by atoms with Crippen LogP contribution in [0.4, 0.5) is 5.69 Å². The van der Waals surface area contributed by atoms with Crippen LogP contribution in [0.15, 0.2) is 47.3 Å². The summed E-state index contributed by atoms with van der Waals surface area (Å²) in [5, 5.41) is 5.34. The van der Waals surface area contributed by atoms with Crippen molar-refractivity contribution in [1.82, 2.24) is 24.8 Å². The van der Waals surface area contributed by atoms with Gasteiger partial charge >= 0.3 is 0 Å². The number of rotatable bonds is 4. The Morgan fingerprint density at radius 1 is 1.23 bits per heavy atom. The van der Waals surface area contributed by atoms with Crippen LogP contribution >= 0.6 is 11.3 Å². The smallest absolute Gasteiger partial charge is 0.275 e. The maximum Gasteiger partial charge on any atom is 0.275 e. The van der Waals surface area contributed by atoms with Gasteiger partial charge < -0.3 is 11.1 Å². The second kappa shape index (κ2) is 7.59. The highest BCUT2D eigenvalue weighted by atomic mass is 32.1. The highest BCUT2D eigenvalue weighted by Gasteiger charge is 2.37. The minimum atomic E-state index is -0.913. The third kappa shape index (κ3) is 3.74. The van der Waals surface area contributed by atoms with E-state index < -0.39 is 11.4 Å². The number of nitrogens with two attached hydrogens (primary N) is 1. The summed E-state index contributed by atoms with van der Waals surface area (Å²) in [4.78, 5) is 47.4. The van der Waals surface area contributed by atoms with Crippen molar-refractivity contribution in [2.45, 2.75) is 18.9 Å². The van der Waals surface area contributed by atoms with Crippen molar-refractivity contribution < 1.29 is 9.59 Å². The summed E-state index contributed by atoms with van der Waals surface area (Å²) >= 11 is 1.44. The molecule has 0 spiro atoms. The number of guanidine groups is 1. The van der Waals surface area contributed by atoms with E-state index in [9.17, 15) is 9.59 Å². The number of carbonyl (C=O) groups is 2. The van der Waals surface area contributed by atoms with E-state index in [1.165, 1.54) is 28.6 Å². The van der Waals surface area contributed by atoms with Gasteiger partial charge in [-0.1, -0.05) is 0 Å². The molecule has 3 aromatic heterocycles. The number of aliphatic imine (C=N–C) groups is 1. The second-order valence-electron chi connectivity index (χ2n) is 6.88. The standard InChI is InChI=1S/C19H18N8O2S/c1-19(8-15(28)27(2)18(20)26-19)14-7-11(3-4-21-14)25-16(29)12-9-24-13(10-23-12)17-22-5-6-30-17/h3-7,9-10H,8H2,1-2H3,(H2,20,26)(H,21,25,29). The molecule has 3 N–H and O–H groups in total. The van der Waals surface area contributed by atoms with Gasteiger partial charge in [0.05, 0.1) is 24.5 Å². The average Bonchev–Trinajstić information content (AvgIpc) is 3.27. The van der Waals surface area contributed by atoms with E-state index in [0.717, 1.165) is 5.01 Å². The van der Waals surface area contributed by atoms with Crippen molar-refractivity contribution in [2.75, 3.05) is 12.4 Å². The fourth-order valence-corrected chi connectivity index (χ4v) is 3.56. The van der Waals surface area contributed by atoms with Crippen molar-refractivity contribution in [2.24, 2.45) is 10.7 Å². The molecule has 30 heavy (non-hydrogen) atoms. The summed E-state index contributed by atoms with van der Waals surface area (Å²) in [6, 6.07) is 3.32. The zero-order valence-electron chi connectivity index (χ0n) is 16.2. The number of amides is 2. The highest BCUT2D eigenvalue weighted by Crippen LogP contribution is 2.32. The van der Waals surface area contributed by atoms with E-state index in [-0.39, 0.29) is 24.0 Å². The van der Waals surface area contributed by atoms with E-state index in [1.807, 2.05) is 5.38 Å². The number of aromatic nitrogens is 4. The van der Waals surface area contributed by atoms with Crippen LogP contribution in [-0.4, -0.2) is 49.7 Å². The maximum absolute atomic E-state index is 12.6. The van der Waals surface area contributed by atoms with Crippen LogP contribution < -0.4 is 11.1 Å². The maximum atomic E-state index is 12.6. The van der Waals surface area contributed by atoms with Crippen LogP contribution in [-0.2, 0) is 10.3 Å². The van der Waals surface area contributed by atoms with Gasteiger partial charge in [0.2, 0.25) is 5.91 Å². The Labute approximate surface area is 175 Å². The molecule has 0 aromatic carbocycles. The molecule has 4 rings (SSSR count). The minimum Gasteiger partial charge on any atom is -0.369 e. The van der Waals surface area contributed by atoms with Crippen molar-refractivity contribution in [3.63, 3.8) is 0 Å². The molecule has 0 saturated carbocycles. The summed E-state index contributed by atoms with van der Waals surface area (Å²) in [5.41, 5.74) is 6.73. The molecule has 0 bridgehead atoms. The van der Waals surface area contributed by atoms with Crippen LogP contribution in [0.1, 0.15) is 29.5 Å². The molecule has 11 heteroatoms. The SMILES string of the molecule is CN1C(=O)CC(C)(c2cc(NC(=O)c3cnc(-c4nccs4)cn3)ccn2)N=C1N. The van der Waals surface area contributed by atoms with Crippen molar-refractivity contribution in [3.05, 3.63) is 53.7 Å². The Balaban J connectivity index is 1.53. The molecule has 1 atom stereocenters. The topological polar surface area (TPSA) is 139 Å². The van der Waals surface area contributed by atoms with Crippen molar-refractivity contribution >= 4 is 34.8 Å². The number of nitrogens with zero attached hydrogens (tertiary/aromatic N) is 6. The second-order valence-corrected chi connectivity index (χ2v) is 7.78. The molecule has 0 fully saturated rings. The van der Waals surface area contributed by atoms with Crippen LogP contribution in [0.2, 0.25) is 0 Å². The number of nitrogens with one attached hydrogen (secondary N) is 1. The summed E-state index contributed by atoms with van der Waals surface area (Å²) in [6.07, 6.45) is 6.25. The van der Waals surface area contributed by atoms with Crippen molar-refractivity contribution in [3.8, 4) is 10.7 Å². The average molecular weight is 422 g/mol. The van der Waals surface area contributed by atoms with E-state index in [0.29, 0.717) is 17.1 Å². The van der Waals surface area contributed by atoms with E-state index >= 15 is 0 Å². The Kier molecular flexibility index (Phi) is 4.96. The number of anilines is 1. The van der Waals surface area contributed by atoms with E-state index in [1.54, 1.807) is 38.5 Å². The molecule has 0 aliphatic carbocycles. The van der Waals surface area contributed by atoms with Gasteiger partial charge in [-0.05, 0) is 19.1 Å². The monoisotopic (exact) mass is 422 g/mol. The molecule has 4 heterocycles. The zero-order chi connectivity index (χ0) is 21.3. The molecule has 1 aliphatic heterocycles. The van der Waals surface area contributed by atoms with Gasteiger partial charge in [-0.25, -0.2) is 19.9 Å². The first-order valence-corrected chi connectivity index (χ1v) is 9.85. The quantitative estimate of drug-likeness (QED) is 0.651. The Bertz CT molecular complexity index is 1130. The normalized spacial score (nSPS) is 18.8. The van der Waals surface area contributed by atoms with Gasteiger partial charge in [0.15, 0.2) is 5.96 Å². The minimum absolute atomic E-state index is 0.123. The molecule has 1 unspecified atom stereocenters. The van der Waals surface area contributed by atoms with Crippen LogP contribution in [0.25, 0.3) is 10.7 Å². The van der Waals surface area contributed by atoms with Crippen LogP contribution in [0.5, 0.6) is 0 Å². The number of hydrogen-bond donors (Lipinski definition) is 2. The first-order valence-electron chi connectivity index (χ1n) is 8.97. The summed E-state index contributed by atoms with van der Waals surface area (Å²) in [5.74, 6) is -0.449. The Morgan fingerprint density at radius 3 is 2.73 bits per heavy atom. The van der Waals surface area contributed by atoms with Gasteiger partial charge in [0.25, 0.3) is 5.91 Å². The summed E-state index contributed by atoms with van der Waals surface area (Å²) in [6.45, 7) is 1.78. The molecule has 0 radical (unpaired) electrons.